The van der Waals surface area contributed by atoms with E-state index < -0.39 is 17.8 Å². The summed E-state index contributed by atoms with van der Waals surface area (Å²) in [5, 5.41) is 0. The van der Waals surface area contributed by atoms with Crippen molar-refractivity contribution in [3.63, 3.8) is 0 Å². The smallest absolute Gasteiger partial charge is 0.337 e. The largest absolute Gasteiger partial charge is 0.412 e. The highest BCUT2D eigenvalue weighted by Crippen LogP contribution is 2.30. The Bertz CT molecular complexity index is 284. The maximum Gasteiger partial charge on any atom is 0.412 e. The fraction of sp³-hybridized carbons (Fsp3) is 0.667. The summed E-state index contributed by atoms with van der Waals surface area (Å²) in [7, 11) is 0. The second-order valence-electron chi connectivity index (χ2n) is 3.55. The number of nitrogens with zero attached hydrogens (tertiary/aromatic N) is 1. The number of hydrogen-bond donors (Lipinski definition) is 1. The Morgan fingerprint density at radius 1 is 1.60 bits per heavy atom. The summed E-state index contributed by atoms with van der Waals surface area (Å²) in [6.45, 7) is 1.60. The van der Waals surface area contributed by atoms with E-state index in [1.165, 1.54) is 11.8 Å². The van der Waals surface area contributed by atoms with Gasteiger partial charge < -0.3 is 10.6 Å². The van der Waals surface area contributed by atoms with E-state index in [2.05, 4.69) is 0 Å². The van der Waals surface area contributed by atoms with Crippen LogP contribution in [-0.2, 0) is 4.79 Å². The van der Waals surface area contributed by atoms with Gasteiger partial charge in [-0.3, -0.25) is 4.79 Å². The molecule has 0 spiro atoms. The topological polar surface area (TPSA) is 46.3 Å². The van der Waals surface area contributed by atoms with Crippen molar-refractivity contribution in [2.45, 2.75) is 25.6 Å². The molecular formula is C9H13F3N2O. The van der Waals surface area contributed by atoms with Crippen LogP contribution >= 0.6 is 0 Å². The van der Waals surface area contributed by atoms with E-state index in [1.54, 1.807) is 0 Å². The van der Waals surface area contributed by atoms with Crippen LogP contribution < -0.4 is 5.73 Å². The van der Waals surface area contributed by atoms with Crippen LogP contribution in [0.3, 0.4) is 0 Å². The van der Waals surface area contributed by atoms with Gasteiger partial charge in [0.15, 0.2) is 0 Å². The first kappa shape index (κ1) is 12.0. The molecule has 1 amide bonds. The van der Waals surface area contributed by atoms with E-state index in [1.807, 2.05) is 0 Å². The molecule has 2 N–H and O–H groups in total. The third kappa shape index (κ3) is 2.95. The number of hydrogen-bond acceptors (Lipinski definition) is 2. The van der Waals surface area contributed by atoms with Crippen molar-refractivity contribution >= 4 is 5.91 Å². The van der Waals surface area contributed by atoms with Crippen molar-refractivity contribution in [2.24, 2.45) is 5.73 Å². The highest BCUT2D eigenvalue weighted by atomic mass is 19.4. The molecule has 0 unspecified atom stereocenters. The van der Waals surface area contributed by atoms with Crippen molar-refractivity contribution in [1.82, 2.24) is 4.90 Å². The van der Waals surface area contributed by atoms with Crippen LogP contribution in [0.5, 0.6) is 0 Å². The normalized spacial score (nSPS) is 19.8. The standard InChI is InChI=1S/C9H13F3N2O/c1-6(13)8(15)14-4-2-7(3-5-14)9(10,11)12/h2,6H,3-5,13H2,1H3/t6-/m1/s1. The first-order valence-electron chi connectivity index (χ1n) is 4.63. The van der Waals surface area contributed by atoms with Crippen LogP contribution in [0.4, 0.5) is 13.2 Å². The van der Waals surface area contributed by atoms with Crippen molar-refractivity contribution in [2.75, 3.05) is 13.1 Å². The lowest BCUT2D eigenvalue weighted by atomic mass is 10.1. The number of carbonyl (C=O) groups excluding carboxylic acids is 1. The summed E-state index contributed by atoms with van der Waals surface area (Å²) < 4.78 is 36.7. The van der Waals surface area contributed by atoms with E-state index in [4.69, 9.17) is 5.73 Å². The first-order valence-corrected chi connectivity index (χ1v) is 4.63. The molecule has 1 rings (SSSR count). The highest BCUT2D eigenvalue weighted by Gasteiger charge is 2.35. The molecule has 6 heteroatoms. The summed E-state index contributed by atoms with van der Waals surface area (Å²) >= 11 is 0. The lowest BCUT2D eigenvalue weighted by Crippen LogP contribution is -2.44. The summed E-state index contributed by atoms with van der Waals surface area (Å²) in [4.78, 5) is 12.7. The SMILES string of the molecule is C[C@@H](N)C(=O)N1CC=C(C(F)(F)F)CC1. The Labute approximate surface area is 85.7 Å². The lowest BCUT2D eigenvalue weighted by molar-refractivity contribution is -0.133. The van der Waals surface area contributed by atoms with Crippen molar-refractivity contribution in [3.05, 3.63) is 11.6 Å². The van der Waals surface area contributed by atoms with Gasteiger partial charge in [0.2, 0.25) is 5.91 Å². The third-order valence-corrected chi connectivity index (χ3v) is 2.27. The Kier molecular flexibility index (Phi) is 3.38. The van der Waals surface area contributed by atoms with Crippen molar-refractivity contribution < 1.29 is 18.0 Å². The molecule has 86 valence electrons. The van der Waals surface area contributed by atoms with Crippen molar-refractivity contribution in [1.29, 1.82) is 0 Å². The molecule has 0 aromatic rings. The third-order valence-electron chi connectivity index (χ3n) is 2.27. The van der Waals surface area contributed by atoms with Crippen molar-refractivity contribution in [3.8, 4) is 0 Å². The van der Waals surface area contributed by atoms with Gasteiger partial charge in [-0.2, -0.15) is 13.2 Å². The molecule has 1 aliphatic rings. The molecule has 1 atom stereocenters. The Hall–Kier alpha value is -1.04. The molecule has 0 saturated carbocycles. The van der Waals surface area contributed by atoms with E-state index >= 15 is 0 Å². The number of nitrogens with two attached hydrogens (primary N) is 1. The van der Waals surface area contributed by atoms with Gasteiger partial charge in [-0.15, -0.1) is 0 Å². The predicted molar refractivity (Wildman–Crippen MR) is 49.0 cm³/mol. The van der Waals surface area contributed by atoms with Crippen LogP contribution in [0, 0.1) is 0 Å². The van der Waals surface area contributed by atoms with E-state index in [-0.39, 0.29) is 25.4 Å². The fourth-order valence-corrected chi connectivity index (χ4v) is 1.41. The average molecular weight is 222 g/mol. The molecule has 0 aromatic carbocycles. The minimum Gasteiger partial charge on any atom is -0.337 e. The zero-order valence-electron chi connectivity index (χ0n) is 8.34. The molecule has 0 aromatic heterocycles. The number of carbonyl (C=O) groups is 1. The fourth-order valence-electron chi connectivity index (χ4n) is 1.41. The molecule has 0 bridgehead atoms. The second-order valence-corrected chi connectivity index (χ2v) is 3.55. The van der Waals surface area contributed by atoms with Gasteiger partial charge in [-0.1, -0.05) is 6.08 Å². The molecular weight excluding hydrogens is 209 g/mol. The number of rotatable bonds is 1. The monoisotopic (exact) mass is 222 g/mol. The Morgan fingerprint density at radius 3 is 2.53 bits per heavy atom. The quantitative estimate of drug-likeness (QED) is 0.674. The first-order chi connectivity index (χ1) is 6.82. The minimum atomic E-state index is -4.27. The Balaban J connectivity index is 2.62. The predicted octanol–water partition coefficient (Wildman–Crippen LogP) is 1.05. The number of halogens is 3. The van der Waals surface area contributed by atoms with Crippen LogP contribution in [0.15, 0.2) is 11.6 Å². The number of alkyl halides is 3. The molecule has 0 aliphatic carbocycles. The summed E-state index contributed by atoms with van der Waals surface area (Å²) in [6.07, 6.45) is -3.38. The maximum atomic E-state index is 12.2. The van der Waals surface area contributed by atoms with Gasteiger partial charge >= 0.3 is 6.18 Å². The average Bonchev–Trinajstić information content (AvgIpc) is 2.15. The number of amides is 1. The maximum absolute atomic E-state index is 12.2. The van der Waals surface area contributed by atoms with Crippen LogP contribution in [0.2, 0.25) is 0 Å². The summed E-state index contributed by atoms with van der Waals surface area (Å²) in [5.41, 5.74) is 4.79. The molecule has 3 nitrogen and oxygen atoms in total. The Morgan fingerprint density at radius 2 is 2.20 bits per heavy atom. The van der Waals surface area contributed by atoms with E-state index in [0.717, 1.165) is 6.08 Å². The molecule has 1 aliphatic heterocycles. The van der Waals surface area contributed by atoms with E-state index in [0.29, 0.717) is 0 Å². The summed E-state index contributed by atoms with van der Waals surface area (Å²) in [6, 6.07) is -0.661. The second kappa shape index (κ2) is 4.22. The van der Waals surface area contributed by atoms with Gasteiger partial charge in [0.25, 0.3) is 0 Å². The zero-order chi connectivity index (χ0) is 11.6. The van der Waals surface area contributed by atoms with Gasteiger partial charge in [0.1, 0.15) is 0 Å². The molecule has 0 radical (unpaired) electrons. The van der Waals surface area contributed by atoms with Gasteiger partial charge in [0, 0.05) is 18.7 Å². The van der Waals surface area contributed by atoms with Gasteiger partial charge in [0.05, 0.1) is 6.04 Å². The van der Waals surface area contributed by atoms with Gasteiger partial charge in [-0.05, 0) is 13.3 Å². The zero-order valence-corrected chi connectivity index (χ0v) is 8.34. The van der Waals surface area contributed by atoms with Crippen LogP contribution in [0.25, 0.3) is 0 Å². The molecule has 0 fully saturated rings. The molecule has 1 heterocycles. The van der Waals surface area contributed by atoms with Crippen LogP contribution in [-0.4, -0.2) is 36.1 Å². The summed E-state index contributed by atoms with van der Waals surface area (Å²) in [5.74, 6) is -0.313. The molecule has 0 saturated heterocycles. The lowest BCUT2D eigenvalue weighted by Gasteiger charge is -2.28. The minimum absolute atomic E-state index is 0.00475. The molecule has 15 heavy (non-hydrogen) atoms. The van der Waals surface area contributed by atoms with Gasteiger partial charge in [-0.25, -0.2) is 0 Å². The van der Waals surface area contributed by atoms with E-state index in [9.17, 15) is 18.0 Å². The van der Waals surface area contributed by atoms with Crippen LogP contribution in [0.1, 0.15) is 13.3 Å². The highest BCUT2D eigenvalue weighted by molar-refractivity contribution is 5.81.